The van der Waals surface area contributed by atoms with E-state index in [-0.39, 0.29) is 29.7 Å². The molecule has 3 rings (SSSR count). The van der Waals surface area contributed by atoms with Crippen LogP contribution in [0.15, 0.2) is 40.3 Å². The fourth-order valence-electron chi connectivity index (χ4n) is 3.06. The highest BCUT2D eigenvalue weighted by molar-refractivity contribution is 7.98. The highest BCUT2D eigenvalue weighted by atomic mass is 32.2. The van der Waals surface area contributed by atoms with Gasteiger partial charge in [0.25, 0.3) is 5.56 Å². The fourth-order valence-corrected chi connectivity index (χ4v) is 3.92. The largest absolute Gasteiger partial charge is 0.353 e. The summed E-state index contributed by atoms with van der Waals surface area (Å²) in [7, 11) is 0. The van der Waals surface area contributed by atoms with Crippen molar-refractivity contribution in [2.45, 2.75) is 55.5 Å². The molecule has 1 aromatic carbocycles. The number of halogens is 1. The van der Waals surface area contributed by atoms with Crippen molar-refractivity contribution in [3.8, 4) is 0 Å². The molecule has 1 aromatic heterocycles. The van der Waals surface area contributed by atoms with Gasteiger partial charge < -0.3 is 10.3 Å². The van der Waals surface area contributed by atoms with Crippen LogP contribution in [0.25, 0.3) is 0 Å². The number of amides is 1. The first-order valence-corrected chi connectivity index (χ1v) is 9.84. The van der Waals surface area contributed by atoms with Gasteiger partial charge in [-0.05, 0) is 30.5 Å². The molecular formula is C19H22FN3O2S. The number of carbonyl (C=O) groups excluding carboxylic acids is 1. The van der Waals surface area contributed by atoms with Gasteiger partial charge in [-0.1, -0.05) is 43.2 Å². The van der Waals surface area contributed by atoms with E-state index in [1.807, 2.05) is 0 Å². The second-order valence-corrected chi connectivity index (χ2v) is 7.50. The number of aromatic amines is 1. The van der Waals surface area contributed by atoms with Crippen LogP contribution in [-0.4, -0.2) is 21.9 Å². The molecular weight excluding hydrogens is 353 g/mol. The predicted octanol–water partition coefficient (Wildman–Crippen LogP) is 3.19. The van der Waals surface area contributed by atoms with Crippen LogP contribution >= 0.6 is 11.8 Å². The lowest BCUT2D eigenvalue weighted by Crippen LogP contribution is -2.37. The maximum absolute atomic E-state index is 12.9. The van der Waals surface area contributed by atoms with Crippen molar-refractivity contribution in [1.29, 1.82) is 0 Å². The standard InChI is InChI=1S/C19H22FN3O2S/c20-14-8-6-13(7-9-14)12-26-19-22-16(11-18(25)23-19)10-17(24)21-15-4-2-1-3-5-15/h6-9,11,15H,1-5,10,12H2,(H,21,24)(H,22,23,25). The zero-order valence-electron chi connectivity index (χ0n) is 14.5. The molecule has 26 heavy (non-hydrogen) atoms. The van der Waals surface area contributed by atoms with E-state index in [0.29, 0.717) is 16.6 Å². The van der Waals surface area contributed by atoms with Crippen LogP contribution < -0.4 is 10.9 Å². The smallest absolute Gasteiger partial charge is 0.251 e. The highest BCUT2D eigenvalue weighted by Crippen LogP contribution is 2.19. The minimum absolute atomic E-state index is 0.0931. The average molecular weight is 375 g/mol. The molecule has 0 bridgehead atoms. The van der Waals surface area contributed by atoms with Gasteiger partial charge in [-0.25, -0.2) is 9.37 Å². The Kier molecular flexibility index (Phi) is 6.44. The first kappa shape index (κ1) is 18.6. The maximum atomic E-state index is 12.9. The van der Waals surface area contributed by atoms with Gasteiger partial charge in [0.15, 0.2) is 5.16 Å². The van der Waals surface area contributed by atoms with Gasteiger partial charge in [0, 0.05) is 17.9 Å². The number of thioether (sulfide) groups is 1. The van der Waals surface area contributed by atoms with Crippen LogP contribution in [0, 0.1) is 5.82 Å². The number of hydrogen-bond acceptors (Lipinski definition) is 4. The topological polar surface area (TPSA) is 74.8 Å². The lowest BCUT2D eigenvalue weighted by atomic mass is 9.95. The van der Waals surface area contributed by atoms with Crippen molar-refractivity contribution in [2.75, 3.05) is 0 Å². The molecule has 1 heterocycles. The van der Waals surface area contributed by atoms with Crippen LogP contribution in [0.3, 0.4) is 0 Å². The molecule has 1 amide bonds. The molecule has 2 N–H and O–H groups in total. The molecule has 0 saturated heterocycles. The normalized spacial score (nSPS) is 15.0. The molecule has 7 heteroatoms. The third-order valence-corrected chi connectivity index (χ3v) is 5.32. The summed E-state index contributed by atoms with van der Waals surface area (Å²) in [5.41, 5.74) is 1.12. The molecule has 0 radical (unpaired) electrons. The van der Waals surface area contributed by atoms with Crippen molar-refractivity contribution < 1.29 is 9.18 Å². The molecule has 1 fully saturated rings. The van der Waals surface area contributed by atoms with E-state index in [9.17, 15) is 14.0 Å². The minimum Gasteiger partial charge on any atom is -0.353 e. The van der Waals surface area contributed by atoms with Gasteiger partial charge in [0.1, 0.15) is 5.82 Å². The van der Waals surface area contributed by atoms with E-state index in [1.54, 1.807) is 12.1 Å². The summed E-state index contributed by atoms with van der Waals surface area (Å²) in [5, 5.41) is 3.50. The van der Waals surface area contributed by atoms with Gasteiger partial charge >= 0.3 is 0 Å². The lowest BCUT2D eigenvalue weighted by molar-refractivity contribution is -0.121. The molecule has 1 aliphatic rings. The number of carbonyl (C=O) groups is 1. The maximum Gasteiger partial charge on any atom is 0.251 e. The van der Waals surface area contributed by atoms with E-state index in [0.717, 1.165) is 31.2 Å². The molecule has 0 atom stereocenters. The fraction of sp³-hybridized carbons (Fsp3) is 0.421. The van der Waals surface area contributed by atoms with Crippen LogP contribution in [0.5, 0.6) is 0 Å². The third kappa shape index (κ3) is 5.69. The molecule has 0 spiro atoms. The van der Waals surface area contributed by atoms with Crippen molar-refractivity contribution >= 4 is 17.7 Å². The molecule has 1 aliphatic carbocycles. The van der Waals surface area contributed by atoms with Crippen LogP contribution in [0.2, 0.25) is 0 Å². The summed E-state index contributed by atoms with van der Waals surface area (Å²) >= 11 is 1.35. The van der Waals surface area contributed by atoms with E-state index < -0.39 is 0 Å². The quantitative estimate of drug-likeness (QED) is 0.601. The number of H-pyrrole nitrogens is 1. The molecule has 0 aliphatic heterocycles. The van der Waals surface area contributed by atoms with Gasteiger partial charge in [0.2, 0.25) is 5.91 Å². The summed E-state index contributed by atoms with van der Waals surface area (Å²) in [6, 6.07) is 7.80. The van der Waals surface area contributed by atoms with Gasteiger partial charge in [-0.15, -0.1) is 0 Å². The van der Waals surface area contributed by atoms with E-state index in [1.165, 1.54) is 36.4 Å². The summed E-state index contributed by atoms with van der Waals surface area (Å²) in [6.07, 6.45) is 5.68. The summed E-state index contributed by atoms with van der Waals surface area (Å²) in [4.78, 5) is 31.1. The zero-order valence-corrected chi connectivity index (χ0v) is 15.3. The first-order chi connectivity index (χ1) is 12.6. The predicted molar refractivity (Wildman–Crippen MR) is 99.5 cm³/mol. The Morgan fingerprint density at radius 3 is 2.69 bits per heavy atom. The SMILES string of the molecule is O=C(Cc1cc(=O)[nH]c(SCc2ccc(F)cc2)n1)NC1CCCCC1. The van der Waals surface area contributed by atoms with E-state index in [2.05, 4.69) is 15.3 Å². The molecule has 5 nitrogen and oxygen atoms in total. The van der Waals surface area contributed by atoms with Gasteiger partial charge in [-0.3, -0.25) is 9.59 Å². The second kappa shape index (κ2) is 8.98. The number of rotatable bonds is 6. The van der Waals surface area contributed by atoms with E-state index >= 15 is 0 Å². The average Bonchev–Trinajstić information content (AvgIpc) is 2.61. The van der Waals surface area contributed by atoms with Crippen molar-refractivity contribution in [3.63, 3.8) is 0 Å². The Morgan fingerprint density at radius 2 is 1.96 bits per heavy atom. The first-order valence-electron chi connectivity index (χ1n) is 8.85. The van der Waals surface area contributed by atoms with Crippen LogP contribution in [0.4, 0.5) is 4.39 Å². The number of nitrogens with zero attached hydrogens (tertiary/aromatic N) is 1. The number of nitrogens with one attached hydrogen (secondary N) is 2. The minimum atomic E-state index is -0.281. The highest BCUT2D eigenvalue weighted by Gasteiger charge is 2.16. The van der Waals surface area contributed by atoms with Gasteiger partial charge in [0.05, 0.1) is 12.1 Å². The Balaban J connectivity index is 1.58. The summed E-state index contributed by atoms with van der Waals surface area (Å²) in [5.74, 6) is 0.182. The van der Waals surface area contributed by atoms with Crippen molar-refractivity contribution in [1.82, 2.24) is 15.3 Å². The summed E-state index contributed by atoms with van der Waals surface area (Å²) < 4.78 is 12.9. The Labute approximate surface area is 155 Å². The van der Waals surface area contributed by atoms with Crippen LogP contribution in [-0.2, 0) is 17.0 Å². The second-order valence-electron chi connectivity index (χ2n) is 6.54. The molecule has 2 aromatic rings. The number of aromatic nitrogens is 2. The number of hydrogen-bond donors (Lipinski definition) is 2. The van der Waals surface area contributed by atoms with Crippen LogP contribution in [0.1, 0.15) is 43.4 Å². The molecule has 0 unspecified atom stereocenters. The molecule has 138 valence electrons. The zero-order chi connectivity index (χ0) is 18.4. The monoisotopic (exact) mass is 375 g/mol. The summed E-state index contributed by atoms with van der Waals surface area (Å²) in [6.45, 7) is 0. The number of benzene rings is 1. The van der Waals surface area contributed by atoms with Gasteiger partial charge in [-0.2, -0.15) is 0 Å². The van der Waals surface area contributed by atoms with Crippen molar-refractivity contribution in [2.24, 2.45) is 0 Å². The van der Waals surface area contributed by atoms with Crippen molar-refractivity contribution in [3.05, 3.63) is 57.8 Å². The Hall–Kier alpha value is -2.15. The third-order valence-electron chi connectivity index (χ3n) is 4.37. The molecule has 1 saturated carbocycles. The van der Waals surface area contributed by atoms with E-state index in [4.69, 9.17) is 0 Å². The Bertz CT molecular complexity index is 801. The lowest BCUT2D eigenvalue weighted by Gasteiger charge is -2.22. The Morgan fingerprint density at radius 1 is 1.23 bits per heavy atom.